The Morgan fingerprint density at radius 3 is 2.87 bits per heavy atom. The summed E-state index contributed by atoms with van der Waals surface area (Å²) in [5.74, 6) is 0.00487. The zero-order chi connectivity index (χ0) is 21.8. The van der Waals surface area contributed by atoms with Crippen LogP contribution >= 0.6 is 11.8 Å². The monoisotopic (exact) mass is 440 g/mol. The summed E-state index contributed by atoms with van der Waals surface area (Å²) in [7, 11) is 0. The Hall–Kier alpha value is -3.40. The third-order valence-corrected chi connectivity index (χ3v) is 5.50. The first-order chi connectivity index (χ1) is 15.1. The maximum absolute atomic E-state index is 13.1. The molecule has 0 spiro atoms. The lowest BCUT2D eigenvalue weighted by Crippen LogP contribution is -2.42. The van der Waals surface area contributed by atoms with Crippen LogP contribution in [0.2, 0.25) is 0 Å². The van der Waals surface area contributed by atoms with Crippen LogP contribution in [0, 0.1) is 0 Å². The minimum atomic E-state index is -0.869. The van der Waals surface area contributed by atoms with E-state index in [9.17, 15) is 14.4 Å². The van der Waals surface area contributed by atoms with E-state index in [4.69, 9.17) is 9.15 Å². The zero-order valence-electron chi connectivity index (χ0n) is 16.7. The average Bonchev–Trinajstić information content (AvgIpc) is 3.39. The number of carbonyl (C=O) groups excluding carboxylic acids is 3. The fraction of sp³-hybridized carbons (Fsp3) is 0.286. The first-order valence-corrected chi connectivity index (χ1v) is 10.7. The van der Waals surface area contributed by atoms with Crippen molar-refractivity contribution in [2.45, 2.75) is 25.9 Å². The summed E-state index contributed by atoms with van der Waals surface area (Å²) in [5, 5.41) is 3.07. The molecular formula is C21H20N4O5S. The first-order valence-electron chi connectivity index (χ1n) is 9.74. The van der Waals surface area contributed by atoms with Crippen LogP contribution in [-0.2, 0) is 25.7 Å². The maximum atomic E-state index is 13.1. The number of carbonyl (C=O) groups is 3. The summed E-state index contributed by atoms with van der Waals surface area (Å²) in [6.45, 7) is 2.24. The zero-order valence-corrected chi connectivity index (χ0v) is 17.6. The molecule has 31 heavy (non-hydrogen) atoms. The maximum Gasteiger partial charge on any atom is 0.316 e. The fourth-order valence-electron chi connectivity index (χ4n) is 3.20. The Kier molecular flexibility index (Phi) is 6.17. The number of hydrogen-bond acceptors (Lipinski definition) is 8. The van der Waals surface area contributed by atoms with Crippen molar-refractivity contribution in [2.24, 2.45) is 9.98 Å². The molecule has 0 bridgehead atoms. The number of nitrogens with one attached hydrogen (secondary N) is 1. The van der Waals surface area contributed by atoms with Crippen LogP contribution in [0.1, 0.15) is 24.7 Å². The van der Waals surface area contributed by atoms with Gasteiger partial charge < -0.3 is 14.5 Å². The minimum absolute atomic E-state index is 0.0141. The number of hydrogen-bond donors (Lipinski definition) is 1. The molecule has 0 saturated heterocycles. The summed E-state index contributed by atoms with van der Waals surface area (Å²) in [6.07, 6.45) is 1.43. The molecule has 0 fully saturated rings. The molecule has 2 amide bonds. The van der Waals surface area contributed by atoms with E-state index in [1.54, 1.807) is 19.1 Å². The normalized spacial score (nSPS) is 16.9. The molecule has 3 heterocycles. The Morgan fingerprint density at radius 2 is 2.10 bits per heavy atom. The molecule has 10 heteroatoms. The van der Waals surface area contributed by atoms with E-state index in [0.717, 1.165) is 11.8 Å². The van der Waals surface area contributed by atoms with E-state index in [0.29, 0.717) is 28.0 Å². The van der Waals surface area contributed by atoms with Crippen molar-refractivity contribution in [2.75, 3.05) is 12.4 Å². The number of ether oxygens (including phenoxy) is 1. The number of amides is 2. The lowest BCUT2D eigenvalue weighted by molar-refractivity contribution is -0.139. The summed E-state index contributed by atoms with van der Waals surface area (Å²) >= 11 is 1.11. The van der Waals surface area contributed by atoms with Crippen molar-refractivity contribution in [1.29, 1.82) is 0 Å². The van der Waals surface area contributed by atoms with Crippen molar-refractivity contribution < 1.29 is 23.5 Å². The van der Waals surface area contributed by atoms with Crippen LogP contribution in [0.5, 0.6) is 0 Å². The third kappa shape index (κ3) is 4.53. The Balaban J connectivity index is 1.51. The number of esters is 1. The lowest BCUT2D eigenvalue weighted by atomic mass is 10.1. The van der Waals surface area contributed by atoms with E-state index < -0.39 is 12.0 Å². The third-order valence-electron chi connectivity index (χ3n) is 4.59. The fourth-order valence-corrected chi connectivity index (χ4v) is 4.00. The number of fused-ring (bicyclic) bond motifs is 3. The summed E-state index contributed by atoms with van der Waals surface area (Å²) < 4.78 is 10.2. The smallest absolute Gasteiger partial charge is 0.316 e. The van der Waals surface area contributed by atoms with Gasteiger partial charge in [-0.25, -0.2) is 9.89 Å². The van der Waals surface area contributed by atoms with E-state index in [1.165, 1.54) is 11.2 Å². The van der Waals surface area contributed by atoms with Gasteiger partial charge >= 0.3 is 5.97 Å². The van der Waals surface area contributed by atoms with Gasteiger partial charge in [0.05, 0.1) is 37.3 Å². The van der Waals surface area contributed by atoms with Crippen molar-refractivity contribution in [3.8, 4) is 0 Å². The van der Waals surface area contributed by atoms with Crippen LogP contribution in [0.25, 0.3) is 0 Å². The van der Waals surface area contributed by atoms with Crippen molar-refractivity contribution in [3.63, 3.8) is 0 Å². The number of aliphatic imine (C=N–C) groups is 2. The standard InChI is InChI=1S/C21H20N4O5S/c1-2-29-18(27)12-31-21-24-15-8-4-3-7-14(15)19-23-16(20(28)25(19)21)10-17(26)22-11-13-6-5-9-30-13/h3-9,16H,2,10-12H2,1H3,(H,22,26)/t16-/m1/s1. The molecular weight excluding hydrogens is 420 g/mol. The van der Waals surface area contributed by atoms with Gasteiger partial charge in [-0.1, -0.05) is 23.9 Å². The van der Waals surface area contributed by atoms with Gasteiger partial charge in [0.25, 0.3) is 5.91 Å². The van der Waals surface area contributed by atoms with Gasteiger partial charge in [0.15, 0.2) is 5.17 Å². The SMILES string of the molecule is CCOC(=O)CSC1=Nc2ccccc2C2=N[C@H](CC(=O)NCc3ccco3)C(=O)N12. The first kappa shape index (κ1) is 20.9. The number of furan rings is 1. The molecule has 0 aliphatic carbocycles. The van der Waals surface area contributed by atoms with Crippen molar-refractivity contribution >= 4 is 46.2 Å². The minimum Gasteiger partial charge on any atom is -0.467 e. The molecule has 0 unspecified atom stereocenters. The van der Waals surface area contributed by atoms with Gasteiger partial charge in [-0.2, -0.15) is 0 Å². The second-order valence-electron chi connectivity index (χ2n) is 6.71. The van der Waals surface area contributed by atoms with Crippen LogP contribution in [0.4, 0.5) is 5.69 Å². The quantitative estimate of drug-likeness (QED) is 0.661. The molecule has 0 saturated carbocycles. The predicted molar refractivity (Wildman–Crippen MR) is 115 cm³/mol. The molecule has 160 valence electrons. The van der Waals surface area contributed by atoms with Crippen LogP contribution in [0.3, 0.4) is 0 Å². The molecule has 2 aliphatic heterocycles. The predicted octanol–water partition coefficient (Wildman–Crippen LogP) is 2.24. The molecule has 0 radical (unpaired) electrons. The molecule has 2 aliphatic rings. The molecule has 1 aromatic carbocycles. The highest BCUT2D eigenvalue weighted by Crippen LogP contribution is 2.34. The highest BCUT2D eigenvalue weighted by atomic mass is 32.2. The lowest BCUT2D eigenvalue weighted by Gasteiger charge is -2.25. The van der Waals surface area contributed by atoms with E-state index in [1.807, 2.05) is 24.3 Å². The molecule has 1 N–H and O–H groups in total. The van der Waals surface area contributed by atoms with Gasteiger partial charge in [0, 0.05) is 5.56 Å². The van der Waals surface area contributed by atoms with Crippen LogP contribution in [0.15, 0.2) is 57.1 Å². The van der Waals surface area contributed by atoms with Gasteiger partial charge in [0.1, 0.15) is 17.6 Å². The van der Waals surface area contributed by atoms with Gasteiger partial charge in [-0.15, -0.1) is 0 Å². The van der Waals surface area contributed by atoms with E-state index in [-0.39, 0.29) is 37.1 Å². The second kappa shape index (κ2) is 9.17. The average molecular weight is 440 g/mol. The Bertz CT molecular complexity index is 1060. The van der Waals surface area contributed by atoms with Gasteiger partial charge in [-0.05, 0) is 31.2 Å². The molecule has 1 aromatic heterocycles. The summed E-state index contributed by atoms with van der Waals surface area (Å²) in [4.78, 5) is 47.7. The summed E-state index contributed by atoms with van der Waals surface area (Å²) in [6, 6.07) is 9.92. The second-order valence-corrected chi connectivity index (χ2v) is 7.65. The Labute approximate surface area is 182 Å². The highest BCUT2D eigenvalue weighted by Gasteiger charge is 2.42. The number of thioether (sulfide) groups is 1. The van der Waals surface area contributed by atoms with E-state index >= 15 is 0 Å². The van der Waals surface area contributed by atoms with Gasteiger partial charge in [0.2, 0.25) is 5.91 Å². The topological polar surface area (TPSA) is 114 Å². The molecule has 2 aromatic rings. The van der Waals surface area contributed by atoms with Gasteiger partial charge in [-0.3, -0.25) is 19.4 Å². The van der Waals surface area contributed by atoms with Crippen molar-refractivity contribution in [3.05, 3.63) is 54.0 Å². The van der Waals surface area contributed by atoms with Crippen molar-refractivity contribution in [1.82, 2.24) is 10.2 Å². The Morgan fingerprint density at radius 1 is 1.26 bits per heavy atom. The number of amidine groups is 2. The van der Waals surface area contributed by atoms with E-state index in [2.05, 4.69) is 15.3 Å². The number of para-hydroxylation sites is 1. The molecule has 4 rings (SSSR count). The largest absolute Gasteiger partial charge is 0.467 e. The van der Waals surface area contributed by atoms with Crippen LogP contribution in [-0.4, -0.2) is 52.1 Å². The highest BCUT2D eigenvalue weighted by molar-refractivity contribution is 8.14. The molecule has 9 nitrogen and oxygen atoms in total. The number of benzene rings is 1. The van der Waals surface area contributed by atoms with Crippen LogP contribution < -0.4 is 5.32 Å². The number of rotatable bonds is 7. The molecule has 1 atom stereocenters. The number of nitrogens with zero attached hydrogens (tertiary/aromatic N) is 3. The summed E-state index contributed by atoms with van der Waals surface area (Å²) in [5.41, 5.74) is 1.36.